The van der Waals surface area contributed by atoms with Crippen molar-refractivity contribution in [1.82, 2.24) is 24.4 Å². The average molecular weight is 476 g/mol. The highest BCUT2D eigenvalue weighted by atomic mass is 16.5. The van der Waals surface area contributed by atoms with E-state index >= 15 is 0 Å². The zero-order valence-corrected chi connectivity index (χ0v) is 19.5. The Balaban J connectivity index is 1.30. The van der Waals surface area contributed by atoms with Crippen molar-refractivity contribution in [2.45, 2.75) is 20.3 Å². The van der Waals surface area contributed by atoms with Gasteiger partial charge in [-0.25, -0.2) is 9.50 Å². The summed E-state index contributed by atoms with van der Waals surface area (Å²) in [6.45, 7) is 3.74. The summed E-state index contributed by atoms with van der Waals surface area (Å²) in [5, 5.41) is 23.4. The summed E-state index contributed by atoms with van der Waals surface area (Å²) in [5.41, 5.74) is 3.25. The molecule has 3 N–H and O–H groups in total. The second-order valence-electron chi connectivity index (χ2n) is 8.70. The van der Waals surface area contributed by atoms with E-state index in [1.54, 1.807) is 43.6 Å². The minimum Gasteiger partial charge on any atom is -0.438 e. The fraction of sp³-hybridized carbons (Fsp3) is 0.292. The lowest BCUT2D eigenvalue weighted by Crippen LogP contribution is -2.16. The molecule has 1 aromatic carbocycles. The molecule has 11 nitrogen and oxygen atoms in total. The maximum absolute atomic E-state index is 12.7. The molecule has 0 bridgehead atoms. The second kappa shape index (κ2) is 8.84. The van der Waals surface area contributed by atoms with E-state index in [2.05, 4.69) is 25.8 Å². The monoisotopic (exact) mass is 475 g/mol. The smallest absolute Gasteiger partial charge is 0.273 e. The van der Waals surface area contributed by atoms with Crippen molar-refractivity contribution in [1.29, 1.82) is 0 Å². The van der Waals surface area contributed by atoms with Crippen molar-refractivity contribution in [3.8, 4) is 11.6 Å². The number of nitrogens with one attached hydrogen (secondary N) is 2. The minimum absolute atomic E-state index is 0.0128. The van der Waals surface area contributed by atoms with Crippen molar-refractivity contribution >= 4 is 29.0 Å². The van der Waals surface area contributed by atoms with E-state index in [9.17, 15) is 9.59 Å². The van der Waals surface area contributed by atoms with Crippen LogP contribution in [0, 0.1) is 25.7 Å². The molecule has 3 heterocycles. The fourth-order valence-electron chi connectivity index (χ4n) is 3.90. The largest absolute Gasteiger partial charge is 0.438 e. The summed E-state index contributed by atoms with van der Waals surface area (Å²) in [6.07, 6.45) is 2.29. The number of aromatic nitrogens is 5. The van der Waals surface area contributed by atoms with E-state index in [1.807, 2.05) is 19.9 Å². The Labute approximate surface area is 200 Å². The maximum Gasteiger partial charge on any atom is 0.273 e. The number of aryl methyl sites for hydroxylation is 3. The van der Waals surface area contributed by atoms with E-state index in [-0.39, 0.29) is 30.3 Å². The van der Waals surface area contributed by atoms with Gasteiger partial charge in [0, 0.05) is 37.4 Å². The first-order chi connectivity index (χ1) is 16.8. The van der Waals surface area contributed by atoms with Crippen LogP contribution in [0.2, 0.25) is 0 Å². The van der Waals surface area contributed by atoms with Gasteiger partial charge in [0.2, 0.25) is 11.8 Å². The van der Waals surface area contributed by atoms with Gasteiger partial charge in [-0.05, 0) is 49.9 Å². The van der Waals surface area contributed by atoms with Gasteiger partial charge in [0.25, 0.3) is 5.91 Å². The van der Waals surface area contributed by atoms with Crippen LogP contribution in [0.15, 0.2) is 42.6 Å². The van der Waals surface area contributed by atoms with Crippen molar-refractivity contribution < 1.29 is 19.4 Å². The zero-order valence-electron chi connectivity index (χ0n) is 19.5. The van der Waals surface area contributed by atoms with Gasteiger partial charge in [-0.3, -0.25) is 14.3 Å². The normalized spacial score (nSPS) is 16.8. The van der Waals surface area contributed by atoms with Crippen LogP contribution in [-0.2, 0) is 11.8 Å². The van der Waals surface area contributed by atoms with Crippen LogP contribution < -0.4 is 15.4 Å². The van der Waals surface area contributed by atoms with E-state index in [1.165, 1.54) is 9.20 Å². The van der Waals surface area contributed by atoms with Gasteiger partial charge in [-0.15, -0.1) is 5.10 Å². The molecule has 0 aliphatic heterocycles. The molecule has 1 aliphatic carbocycles. The number of anilines is 2. The number of carbonyl (C=O) groups is 2. The first-order valence-corrected chi connectivity index (χ1v) is 11.2. The first kappa shape index (κ1) is 22.5. The highest BCUT2D eigenvalue weighted by molar-refractivity contribution is 6.03. The third-order valence-corrected chi connectivity index (χ3v) is 5.95. The Hall–Kier alpha value is -4.25. The average Bonchev–Trinajstić information content (AvgIpc) is 3.40. The van der Waals surface area contributed by atoms with Crippen molar-refractivity contribution in [3.05, 3.63) is 59.5 Å². The zero-order chi connectivity index (χ0) is 24.7. The molecule has 11 heteroatoms. The van der Waals surface area contributed by atoms with Gasteiger partial charge in [-0.2, -0.15) is 5.10 Å². The van der Waals surface area contributed by atoms with Crippen LogP contribution in [0.5, 0.6) is 11.6 Å². The lowest BCUT2D eigenvalue weighted by Gasteiger charge is -2.11. The Bertz CT molecular complexity index is 1440. The molecule has 1 fully saturated rings. The van der Waals surface area contributed by atoms with E-state index in [0.29, 0.717) is 40.9 Å². The number of fused-ring (bicyclic) bond motifs is 1. The molecular weight excluding hydrogens is 450 g/mol. The Kier molecular flexibility index (Phi) is 5.69. The highest BCUT2D eigenvalue weighted by Gasteiger charge is 2.42. The summed E-state index contributed by atoms with van der Waals surface area (Å²) < 4.78 is 8.98. The quantitative estimate of drug-likeness (QED) is 0.374. The van der Waals surface area contributed by atoms with Gasteiger partial charge in [0.1, 0.15) is 11.4 Å². The van der Waals surface area contributed by atoms with Gasteiger partial charge < -0.3 is 20.5 Å². The van der Waals surface area contributed by atoms with Crippen LogP contribution in [-0.4, -0.2) is 47.9 Å². The first-order valence-electron chi connectivity index (χ1n) is 11.2. The molecular formula is C24H25N7O4. The van der Waals surface area contributed by atoms with Crippen LogP contribution in [0.25, 0.3) is 5.65 Å². The lowest BCUT2D eigenvalue weighted by molar-refractivity contribution is -0.117. The molecule has 4 aromatic rings. The number of hydrogen-bond acceptors (Lipinski definition) is 7. The van der Waals surface area contributed by atoms with E-state index < -0.39 is 0 Å². The predicted molar refractivity (Wildman–Crippen MR) is 127 cm³/mol. The number of ether oxygens (including phenoxy) is 1. The molecule has 1 aliphatic rings. The topological polar surface area (TPSA) is 136 Å². The van der Waals surface area contributed by atoms with Gasteiger partial charge in [0.05, 0.1) is 11.9 Å². The lowest BCUT2D eigenvalue weighted by atomic mass is 10.2. The second-order valence-corrected chi connectivity index (χ2v) is 8.70. The van der Waals surface area contributed by atoms with Crippen LogP contribution in [0.1, 0.15) is 28.2 Å². The summed E-state index contributed by atoms with van der Waals surface area (Å²) in [4.78, 5) is 29.3. The molecule has 0 saturated heterocycles. The molecule has 1 saturated carbocycles. The molecule has 2 unspecified atom stereocenters. The Morgan fingerprint density at radius 3 is 2.69 bits per heavy atom. The van der Waals surface area contributed by atoms with E-state index in [4.69, 9.17) is 9.84 Å². The van der Waals surface area contributed by atoms with Crippen LogP contribution in [0.3, 0.4) is 0 Å². The van der Waals surface area contributed by atoms with Crippen molar-refractivity contribution in [3.63, 3.8) is 0 Å². The van der Waals surface area contributed by atoms with Gasteiger partial charge in [0.15, 0.2) is 11.5 Å². The molecule has 3 aromatic heterocycles. The molecule has 5 rings (SSSR count). The summed E-state index contributed by atoms with van der Waals surface area (Å²) in [7, 11) is 1.72. The molecule has 0 spiro atoms. The van der Waals surface area contributed by atoms with Crippen molar-refractivity contribution in [2.75, 3.05) is 17.2 Å². The Morgan fingerprint density at radius 1 is 1.14 bits per heavy atom. The summed E-state index contributed by atoms with van der Waals surface area (Å²) in [6, 6.07) is 10.5. The third kappa shape index (κ3) is 4.71. The predicted octanol–water partition coefficient (Wildman–Crippen LogP) is 2.69. The molecule has 0 radical (unpaired) electrons. The number of amides is 2. The number of aliphatic hydroxyl groups is 1. The molecule has 2 atom stereocenters. The summed E-state index contributed by atoms with van der Waals surface area (Å²) >= 11 is 0. The highest BCUT2D eigenvalue weighted by Crippen LogP contribution is 2.38. The third-order valence-electron chi connectivity index (χ3n) is 5.95. The van der Waals surface area contributed by atoms with Gasteiger partial charge >= 0.3 is 0 Å². The van der Waals surface area contributed by atoms with E-state index in [0.717, 1.165) is 11.3 Å². The molecule has 180 valence electrons. The minimum atomic E-state index is -0.266. The number of aliphatic hydroxyl groups excluding tert-OH is 1. The number of carbonyl (C=O) groups excluding carboxylic acids is 2. The van der Waals surface area contributed by atoms with Gasteiger partial charge in [-0.1, -0.05) is 6.07 Å². The van der Waals surface area contributed by atoms with Crippen LogP contribution in [0.4, 0.5) is 11.5 Å². The number of benzene rings is 1. The summed E-state index contributed by atoms with van der Waals surface area (Å²) in [5.74, 6) is 0.637. The number of imidazole rings is 1. The Morgan fingerprint density at radius 2 is 1.97 bits per heavy atom. The number of hydrogen-bond donors (Lipinski definition) is 3. The number of rotatable bonds is 7. The van der Waals surface area contributed by atoms with Crippen molar-refractivity contribution in [2.24, 2.45) is 18.9 Å². The molecule has 2 amide bonds. The number of nitrogens with zero attached hydrogens (tertiary/aromatic N) is 5. The maximum atomic E-state index is 12.7. The van der Waals surface area contributed by atoms with Crippen LogP contribution >= 0.6 is 0 Å². The molecule has 35 heavy (non-hydrogen) atoms. The SMILES string of the molecule is Cc1cc(C(=O)Nc2cc(Oc3ccc4nc(NC(=O)C5CC5CO)cn4n3)ccc2C)n(C)n1. The standard InChI is InChI=1S/C24H25N7O4/c1-13-4-5-16(10-18(13)25-24(34)19-8-14(2)28-30(19)3)35-22-7-6-21-26-20(11-31(21)29-22)27-23(33)17-9-15(17)12-32/h4-8,10-11,15,17,32H,9,12H2,1-3H3,(H,25,34)(H,27,33). The fourth-order valence-corrected chi connectivity index (χ4v) is 3.90.